The molecule has 1 saturated carbocycles. The first-order valence-electron chi connectivity index (χ1n) is 6.75. The maximum Gasteiger partial charge on any atom is 0.0112 e. The van der Waals surface area contributed by atoms with Gasteiger partial charge >= 0.3 is 0 Å². The van der Waals surface area contributed by atoms with Gasteiger partial charge in [0.1, 0.15) is 0 Å². The van der Waals surface area contributed by atoms with E-state index in [2.05, 4.69) is 23.6 Å². The Kier molecular flexibility index (Phi) is 4.04. The fraction of sp³-hybridized carbons (Fsp3) is 1.00. The van der Waals surface area contributed by atoms with Gasteiger partial charge in [-0.2, -0.15) is 0 Å². The summed E-state index contributed by atoms with van der Waals surface area (Å²) >= 11 is 0. The molecular formula is C13H26N2. The lowest BCUT2D eigenvalue weighted by Crippen LogP contribution is -2.38. The van der Waals surface area contributed by atoms with Crippen LogP contribution in [0, 0.1) is 0 Å². The first kappa shape index (κ1) is 11.4. The molecule has 0 aromatic heterocycles. The van der Waals surface area contributed by atoms with E-state index in [0.717, 1.165) is 12.1 Å². The van der Waals surface area contributed by atoms with Gasteiger partial charge in [-0.3, -0.25) is 9.80 Å². The molecular weight excluding hydrogens is 184 g/mol. The van der Waals surface area contributed by atoms with Gasteiger partial charge in [0.15, 0.2) is 0 Å². The highest BCUT2D eigenvalue weighted by Gasteiger charge is 2.24. The minimum Gasteiger partial charge on any atom is -0.300 e. The highest BCUT2D eigenvalue weighted by atomic mass is 15.2. The van der Waals surface area contributed by atoms with Crippen LogP contribution in [0.4, 0.5) is 0 Å². The standard InChI is InChI=1S/C13H26N2/c1-12(2)14-8-5-9-15(11-10-14)13-6-3-4-7-13/h12-13H,3-11H2,1-2H3. The smallest absolute Gasteiger partial charge is 0.0112 e. The van der Waals surface area contributed by atoms with E-state index >= 15 is 0 Å². The van der Waals surface area contributed by atoms with Crippen LogP contribution < -0.4 is 0 Å². The summed E-state index contributed by atoms with van der Waals surface area (Å²) in [6.07, 6.45) is 7.22. The van der Waals surface area contributed by atoms with Crippen LogP contribution >= 0.6 is 0 Å². The van der Waals surface area contributed by atoms with Crippen molar-refractivity contribution < 1.29 is 0 Å². The molecule has 0 radical (unpaired) electrons. The lowest BCUT2D eigenvalue weighted by Gasteiger charge is -2.28. The molecule has 2 aliphatic rings. The van der Waals surface area contributed by atoms with Gasteiger partial charge in [0.25, 0.3) is 0 Å². The first-order valence-corrected chi connectivity index (χ1v) is 6.75. The molecule has 2 fully saturated rings. The molecule has 2 heteroatoms. The summed E-state index contributed by atoms with van der Waals surface area (Å²) in [6, 6.07) is 1.66. The van der Waals surface area contributed by atoms with Gasteiger partial charge in [0.05, 0.1) is 0 Å². The fourth-order valence-corrected chi connectivity index (χ4v) is 3.11. The van der Waals surface area contributed by atoms with Gasteiger partial charge in [0.2, 0.25) is 0 Å². The van der Waals surface area contributed by atoms with Crippen LogP contribution in [0.3, 0.4) is 0 Å². The molecule has 1 aliphatic heterocycles. The molecule has 0 aromatic carbocycles. The summed E-state index contributed by atoms with van der Waals surface area (Å²) in [4.78, 5) is 5.39. The Morgan fingerprint density at radius 3 is 2.27 bits per heavy atom. The molecule has 0 amide bonds. The minimum atomic E-state index is 0.730. The van der Waals surface area contributed by atoms with Crippen LogP contribution in [0.25, 0.3) is 0 Å². The number of hydrogen-bond donors (Lipinski definition) is 0. The maximum atomic E-state index is 2.76. The van der Waals surface area contributed by atoms with Crippen LogP contribution in [0.1, 0.15) is 46.0 Å². The molecule has 0 N–H and O–H groups in total. The number of hydrogen-bond acceptors (Lipinski definition) is 2. The van der Waals surface area contributed by atoms with Crippen molar-refractivity contribution in [2.75, 3.05) is 26.2 Å². The molecule has 2 rings (SSSR count). The third-order valence-electron chi connectivity index (χ3n) is 4.14. The first-order chi connectivity index (χ1) is 7.27. The van der Waals surface area contributed by atoms with E-state index in [9.17, 15) is 0 Å². The average molecular weight is 210 g/mol. The largest absolute Gasteiger partial charge is 0.300 e. The molecule has 15 heavy (non-hydrogen) atoms. The molecule has 0 bridgehead atoms. The molecule has 0 spiro atoms. The topological polar surface area (TPSA) is 6.48 Å². The van der Waals surface area contributed by atoms with Crippen LogP contribution in [-0.4, -0.2) is 48.1 Å². The van der Waals surface area contributed by atoms with Crippen molar-refractivity contribution in [2.24, 2.45) is 0 Å². The Labute approximate surface area is 94.6 Å². The molecule has 2 nitrogen and oxygen atoms in total. The third-order valence-corrected chi connectivity index (χ3v) is 4.14. The van der Waals surface area contributed by atoms with Crippen LogP contribution in [0.2, 0.25) is 0 Å². The quantitative estimate of drug-likeness (QED) is 0.690. The highest BCUT2D eigenvalue weighted by Crippen LogP contribution is 2.24. The van der Waals surface area contributed by atoms with E-state index in [1.54, 1.807) is 0 Å². The Morgan fingerprint density at radius 2 is 1.60 bits per heavy atom. The third kappa shape index (κ3) is 2.94. The molecule has 0 aromatic rings. The van der Waals surface area contributed by atoms with E-state index < -0.39 is 0 Å². The van der Waals surface area contributed by atoms with Crippen LogP contribution in [0.5, 0.6) is 0 Å². The number of rotatable bonds is 2. The monoisotopic (exact) mass is 210 g/mol. The van der Waals surface area contributed by atoms with E-state index in [4.69, 9.17) is 0 Å². The van der Waals surface area contributed by atoms with Gasteiger partial charge < -0.3 is 0 Å². The molecule has 1 saturated heterocycles. The van der Waals surface area contributed by atoms with E-state index in [-0.39, 0.29) is 0 Å². The number of nitrogens with zero attached hydrogens (tertiary/aromatic N) is 2. The van der Waals surface area contributed by atoms with Crippen molar-refractivity contribution in [1.82, 2.24) is 9.80 Å². The zero-order valence-corrected chi connectivity index (χ0v) is 10.4. The average Bonchev–Trinajstić information content (AvgIpc) is 2.62. The Hall–Kier alpha value is -0.0800. The molecule has 88 valence electrons. The van der Waals surface area contributed by atoms with Crippen molar-refractivity contribution in [3.8, 4) is 0 Å². The summed E-state index contributed by atoms with van der Waals surface area (Å²) in [5.74, 6) is 0. The van der Waals surface area contributed by atoms with Gasteiger partial charge in [-0.05, 0) is 46.2 Å². The zero-order valence-electron chi connectivity index (χ0n) is 10.4. The van der Waals surface area contributed by atoms with Gasteiger partial charge in [-0.25, -0.2) is 0 Å². The Morgan fingerprint density at radius 1 is 0.867 bits per heavy atom. The summed E-state index contributed by atoms with van der Waals surface area (Å²) in [7, 11) is 0. The van der Waals surface area contributed by atoms with E-state index in [1.165, 1.54) is 58.3 Å². The van der Waals surface area contributed by atoms with Crippen molar-refractivity contribution in [3.63, 3.8) is 0 Å². The molecule has 1 aliphatic carbocycles. The molecule has 1 heterocycles. The summed E-state index contributed by atoms with van der Waals surface area (Å²) in [5.41, 5.74) is 0. The molecule has 0 atom stereocenters. The Bertz CT molecular complexity index is 185. The summed E-state index contributed by atoms with van der Waals surface area (Å²) in [6.45, 7) is 9.89. The van der Waals surface area contributed by atoms with Crippen LogP contribution in [0.15, 0.2) is 0 Å². The van der Waals surface area contributed by atoms with Crippen molar-refractivity contribution in [3.05, 3.63) is 0 Å². The Balaban J connectivity index is 1.83. The van der Waals surface area contributed by atoms with Gasteiger partial charge in [-0.15, -0.1) is 0 Å². The second-order valence-corrected chi connectivity index (χ2v) is 5.46. The fourth-order valence-electron chi connectivity index (χ4n) is 3.11. The second kappa shape index (κ2) is 5.31. The van der Waals surface area contributed by atoms with Crippen molar-refractivity contribution in [1.29, 1.82) is 0 Å². The molecule has 0 unspecified atom stereocenters. The van der Waals surface area contributed by atoms with E-state index in [1.807, 2.05) is 0 Å². The predicted octanol–water partition coefficient (Wildman–Crippen LogP) is 2.35. The van der Waals surface area contributed by atoms with Crippen LogP contribution in [-0.2, 0) is 0 Å². The summed E-state index contributed by atoms with van der Waals surface area (Å²) < 4.78 is 0. The maximum absolute atomic E-state index is 2.76. The SMILES string of the molecule is CC(C)N1CCCN(C2CCCC2)CC1. The lowest BCUT2D eigenvalue weighted by atomic mass is 10.2. The lowest BCUT2D eigenvalue weighted by molar-refractivity contribution is 0.188. The second-order valence-electron chi connectivity index (χ2n) is 5.46. The van der Waals surface area contributed by atoms with E-state index in [0.29, 0.717) is 0 Å². The minimum absolute atomic E-state index is 0.730. The summed E-state index contributed by atoms with van der Waals surface area (Å²) in [5, 5.41) is 0. The van der Waals surface area contributed by atoms with Crippen molar-refractivity contribution >= 4 is 0 Å². The normalized spacial score (nSPS) is 27.4. The zero-order chi connectivity index (χ0) is 10.7. The van der Waals surface area contributed by atoms with Crippen molar-refractivity contribution in [2.45, 2.75) is 58.0 Å². The predicted molar refractivity (Wildman–Crippen MR) is 65.2 cm³/mol. The van der Waals surface area contributed by atoms with Gasteiger partial charge in [0, 0.05) is 25.2 Å². The highest BCUT2D eigenvalue weighted by molar-refractivity contribution is 4.81. The van der Waals surface area contributed by atoms with Gasteiger partial charge in [-0.1, -0.05) is 12.8 Å².